The molecule has 2 aliphatic rings. The van der Waals surface area contributed by atoms with Crippen LogP contribution in [0.3, 0.4) is 0 Å². The van der Waals surface area contributed by atoms with Crippen LogP contribution in [0.5, 0.6) is 0 Å². The molecule has 2 fully saturated rings. The summed E-state index contributed by atoms with van der Waals surface area (Å²) in [6.07, 6.45) is 8.39. The van der Waals surface area contributed by atoms with Crippen LogP contribution in [0.1, 0.15) is 38.5 Å². The van der Waals surface area contributed by atoms with Gasteiger partial charge in [-0.1, -0.05) is 31.0 Å². The summed E-state index contributed by atoms with van der Waals surface area (Å²) in [5, 5.41) is 11.4. The molecule has 0 aromatic carbocycles. The topological polar surface area (TPSA) is 80.1 Å². The van der Waals surface area contributed by atoms with Gasteiger partial charge in [0.25, 0.3) is 0 Å². The highest BCUT2D eigenvalue weighted by atomic mass is 32.2. The van der Waals surface area contributed by atoms with E-state index in [1.165, 1.54) is 43.9 Å². The van der Waals surface area contributed by atoms with Crippen LogP contribution in [-0.4, -0.2) is 56.4 Å². The first kappa shape index (κ1) is 17.3. The number of rotatable bonds is 6. The van der Waals surface area contributed by atoms with Crippen molar-refractivity contribution in [3.63, 3.8) is 0 Å². The lowest BCUT2D eigenvalue weighted by atomic mass is 9.89. The van der Waals surface area contributed by atoms with Crippen LogP contribution < -0.4 is 5.32 Å². The summed E-state index contributed by atoms with van der Waals surface area (Å²) in [5.41, 5.74) is 0. The average molecular weight is 351 g/mol. The van der Waals surface area contributed by atoms with Crippen molar-refractivity contribution >= 4 is 23.6 Å². The number of nitrogens with zero attached hydrogens (tertiary/aromatic N) is 4. The Morgan fingerprint density at radius 1 is 1.38 bits per heavy atom. The third kappa shape index (κ3) is 4.49. The van der Waals surface area contributed by atoms with Gasteiger partial charge < -0.3 is 14.8 Å². The molecule has 1 aliphatic carbocycles. The predicted molar refractivity (Wildman–Crippen MR) is 91.4 cm³/mol. The van der Waals surface area contributed by atoms with E-state index in [9.17, 15) is 9.59 Å². The zero-order valence-corrected chi connectivity index (χ0v) is 14.9. The summed E-state index contributed by atoms with van der Waals surface area (Å²) in [6, 6.07) is -0.0614. The normalized spacial score (nSPS) is 22.1. The minimum Gasteiger partial charge on any atom is -0.350 e. The molecule has 1 aromatic rings. The Balaban J connectivity index is 1.41. The maximum Gasteiger partial charge on any atom is 0.230 e. The van der Waals surface area contributed by atoms with Gasteiger partial charge in [0.1, 0.15) is 6.33 Å². The van der Waals surface area contributed by atoms with Crippen molar-refractivity contribution in [2.45, 2.75) is 49.7 Å². The Morgan fingerprint density at radius 3 is 2.88 bits per heavy atom. The summed E-state index contributed by atoms with van der Waals surface area (Å²) in [4.78, 5) is 26.2. The molecule has 0 bridgehead atoms. The maximum absolute atomic E-state index is 12.2. The number of nitrogens with one attached hydrogen (secondary N) is 1. The fourth-order valence-electron chi connectivity index (χ4n) is 3.53. The molecule has 0 spiro atoms. The van der Waals surface area contributed by atoms with E-state index in [0.717, 1.165) is 6.54 Å². The van der Waals surface area contributed by atoms with Gasteiger partial charge in [0.05, 0.1) is 11.8 Å². The van der Waals surface area contributed by atoms with Crippen molar-refractivity contribution in [1.29, 1.82) is 0 Å². The number of likely N-dealkylation sites (tertiary alicyclic amines) is 1. The van der Waals surface area contributed by atoms with E-state index >= 15 is 0 Å². The van der Waals surface area contributed by atoms with Gasteiger partial charge in [-0.2, -0.15) is 0 Å². The summed E-state index contributed by atoms with van der Waals surface area (Å²) < 4.78 is 1.78. The summed E-state index contributed by atoms with van der Waals surface area (Å²) in [6.45, 7) is 1.51. The van der Waals surface area contributed by atoms with E-state index in [-0.39, 0.29) is 17.9 Å². The molecule has 1 saturated carbocycles. The van der Waals surface area contributed by atoms with Crippen LogP contribution in [0.4, 0.5) is 0 Å². The van der Waals surface area contributed by atoms with Gasteiger partial charge in [-0.05, 0) is 18.8 Å². The fraction of sp³-hybridized carbons (Fsp3) is 0.750. The third-order valence-corrected chi connectivity index (χ3v) is 5.82. The van der Waals surface area contributed by atoms with Gasteiger partial charge in [0.15, 0.2) is 5.16 Å². The van der Waals surface area contributed by atoms with E-state index in [0.29, 0.717) is 29.8 Å². The molecule has 0 unspecified atom stereocenters. The second-order valence-corrected chi connectivity index (χ2v) is 7.73. The molecule has 1 atom stereocenters. The molecule has 1 aliphatic heterocycles. The number of hydrogen-bond acceptors (Lipinski definition) is 5. The van der Waals surface area contributed by atoms with Crippen LogP contribution >= 0.6 is 11.8 Å². The Bertz CT molecular complexity index is 585. The fourth-order valence-corrected chi connectivity index (χ4v) is 4.23. The lowest BCUT2D eigenvalue weighted by Gasteiger charge is -2.27. The molecule has 1 saturated heterocycles. The van der Waals surface area contributed by atoms with E-state index in [1.807, 2.05) is 11.9 Å². The summed E-state index contributed by atoms with van der Waals surface area (Å²) in [7, 11) is 1.85. The smallest absolute Gasteiger partial charge is 0.230 e. The number of amides is 2. The Morgan fingerprint density at radius 2 is 2.17 bits per heavy atom. The van der Waals surface area contributed by atoms with Crippen molar-refractivity contribution < 1.29 is 9.59 Å². The van der Waals surface area contributed by atoms with E-state index in [4.69, 9.17) is 0 Å². The number of aromatic nitrogens is 3. The molecule has 0 radical (unpaired) electrons. The molecule has 2 heterocycles. The highest BCUT2D eigenvalue weighted by Crippen LogP contribution is 2.26. The van der Waals surface area contributed by atoms with Gasteiger partial charge in [-0.25, -0.2) is 0 Å². The molecular weight excluding hydrogens is 326 g/mol. The molecule has 1 aromatic heterocycles. The van der Waals surface area contributed by atoms with E-state index in [2.05, 4.69) is 15.5 Å². The van der Waals surface area contributed by atoms with Crippen molar-refractivity contribution in [2.75, 3.05) is 18.8 Å². The lowest BCUT2D eigenvalue weighted by molar-refractivity contribution is -0.128. The zero-order valence-electron chi connectivity index (χ0n) is 14.1. The first-order valence-corrected chi connectivity index (χ1v) is 9.64. The molecule has 8 heteroatoms. The third-order valence-electron chi connectivity index (χ3n) is 4.79. The summed E-state index contributed by atoms with van der Waals surface area (Å²) in [5.74, 6) is 1.05. The minimum absolute atomic E-state index is 0.0553. The largest absolute Gasteiger partial charge is 0.350 e. The number of hydrogen-bond donors (Lipinski definition) is 1. The lowest BCUT2D eigenvalue weighted by Crippen LogP contribution is -2.39. The average Bonchev–Trinajstić information content (AvgIpc) is 3.12. The molecule has 1 N–H and O–H groups in total. The molecule has 3 rings (SSSR count). The molecule has 132 valence electrons. The van der Waals surface area contributed by atoms with Gasteiger partial charge in [-0.3, -0.25) is 9.59 Å². The number of carbonyl (C=O) groups excluding carboxylic acids is 2. The van der Waals surface area contributed by atoms with Crippen molar-refractivity contribution in [3.05, 3.63) is 6.33 Å². The van der Waals surface area contributed by atoms with Gasteiger partial charge in [-0.15, -0.1) is 10.2 Å². The Labute approximate surface area is 146 Å². The van der Waals surface area contributed by atoms with Crippen LogP contribution in [-0.2, 0) is 16.6 Å². The first-order chi connectivity index (χ1) is 11.6. The molecule has 24 heavy (non-hydrogen) atoms. The van der Waals surface area contributed by atoms with Gasteiger partial charge in [0, 0.05) is 26.6 Å². The molecule has 2 amide bonds. The number of thioether (sulfide) groups is 1. The SMILES string of the molecule is Cn1cnnc1SCC(=O)N[C@@H]1CC(=O)N(CC2CCCCC2)C1. The molecule has 7 nitrogen and oxygen atoms in total. The predicted octanol–water partition coefficient (Wildman–Crippen LogP) is 1.20. The number of aryl methyl sites for hydroxylation is 1. The van der Waals surface area contributed by atoms with E-state index < -0.39 is 0 Å². The zero-order chi connectivity index (χ0) is 16.9. The second kappa shape index (κ2) is 8.00. The van der Waals surface area contributed by atoms with E-state index in [1.54, 1.807) is 10.9 Å². The Hall–Kier alpha value is -1.57. The first-order valence-electron chi connectivity index (χ1n) is 8.65. The quantitative estimate of drug-likeness (QED) is 0.779. The monoisotopic (exact) mass is 351 g/mol. The highest BCUT2D eigenvalue weighted by molar-refractivity contribution is 7.99. The van der Waals surface area contributed by atoms with Crippen molar-refractivity contribution in [2.24, 2.45) is 13.0 Å². The molecular formula is C16H25N5O2S. The van der Waals surface area contributed by atoms with Gasteiger partial charge >= 0.3 is 0 Å². The van der Waals surface area contributed by atoms with Crippen molar-refractivity contribution in [3.8, 4) is 0 Å². The Kier molecular flexibility index (Phi) is 5.76. The van der Waals surface area contributed by atoms with Crippen LogP contribution in [0.15, 0.2) is 11.5 Å². The van der Waals surface area contributed by atoms with Crippen LogP contribution in [0.2, 0.25) is 0 Å². The van der Waals surface area contributed by atoms with Crippen LogP contribution in [0.25, 0.3) is 0 Å². The standard InChI is InChI=1S/C16H25N5O2S/c1-20-11-17-19-16(20)24-10-14(22)18-13-7-15(23)21(9-13)8-12-5-3-2-4-6-12/h11-13H,2-10H2,1H3,(H,18,22)/t13-/m1/s1. The van der Waals surface area contributed by atoms with Gasteiger partial charge in [0.2, 0.25) is 11.8 Å². The second-order valence-electron chi connectivity index (χ2n) is 6.78. The minimum atomic E-state index is -0.0614. The summed E-state index contributed by atoms with van der Waals surface area (Å²) >= 11 is 1.35. The van der Waals surface area contributed by atoms with Crippen LogP contribution in [0, 0.1) is 5.92 Å². The highest BCUT2D eigenvalue weighted by Gasteiger charge is 2.32. The van der Waals surface area contributed by atoms with Crippen molar-refractivity contribution in [1.82, 2.24) is 25.0 Å². The number of carbonyl (C=O) groups is 2. The maximum atomic E-state index is 12.2.